The second kappa shape index (κ2) is 5.97. The van der Waals surface area contributed by atoms with E-state index >= 15 is 0 Å². The van der Waals surface area contributed by atoms with Gasteiger partial charge in [-0.2, -0.15) is 0 Å². The summed E-state index contributed by atoms with van der Waals surface area (Å²) < 4.78 is 26.4. The molecule has 1 aliphatic carbocycles. The molecule has 1 aromatic carbocycles. The Bertz CT molecular complexity index is 408. The van der Waals surface area contributed by atoms with Gasteiger partial charge in [0.2, 0.25) is 0 Å². The van der Waals surface area contributed by atoms with Crippen LogP contribution in [0.3, 0.4) is 0 Å². The maximum absolute atomic E-state index is 13.2. The molecule has 0 atom stereocenters. The highest BCUT2D eigenvalue weighted by molar-refractivity contribution is 5.18. The predicted octanol–water partition coefficient (Wildman–Crippen LogP) is 3.06. The van der Waals surface area contributed by atoms with Crippen LogP contribution in [0.15, 0.2) is 18.2 Å². The molecule has 0 spiro atoms. The van der Waals surface area contributed by atoms with Crippen molar-refractivity contribution in [1.29, 1.82) is 0 Å². The van der Waals surface area contributed by atoms with Crippen molar-refractivity contribution < 1.29 is 8.78 Å². The van der Waals surface area contributed by atoms with E-state index in [0.29, 0.717) is 18.7 Å². The zero-order valence-corrected chi connectivity index (χ0v) is 11.5. The van der Waals surface area contributed by atoms with Gasteiger partial charge in [0.1, 0.15) is 11.6 Å². The zero-order chi connectivity index (χ0) is 13.9. The normalized spacial score (nSPS) is 18.8. The van der Waals surface area contributed by atoms with Gasteiger partial charge >= 0.3 is 0 Å². The quantitative estimate of drug-likeness (QED) is 0.909. The number of benzene rings is 1. The Kier molecular flexibility index (Phi) is 4.53. The smallest absolute Gasteiger partial charge is 0.126 e. The van der Waals surface area contributed by atoms with Gasteiger partial charge in [-0.1, -0.05) is 19.3 Å². The number of hydrogen-bond donors (Lipinski definition) is 1. The number of nitrogens with zero attached hydrogens (tertiary/aromatic N) is 1. The van der Waals surface area contributed by atoms with Gasteiger partial charge in [0.05, 0.1) is 0 Å². The van der Waals surface area contributed by atoms with Gasteiger partial charge in [0.25, 0.3) is 0 Å². The molecule has 0 saturated heterocycles. The first kappa shape index (κ1) is 14.4. The predicted molar refractivity (Wildman–Crippen MR) is 72.7 cm³/mol. The van der Waals surface area contributed by atoms with E-state index in [1.165, 1.54) is 31.4 Å². The Morgan fingerprint density at radius 1 is 1.11 bits per heavy atom. The van der Waals surface area contributed by atoms with Crippen LogP contribution >= 0.6 is 0 Å². The van der Waals surface area contributed by atoms with Gasteiger partial charge in [-0.3, -0.25) is 4.90 Å². The summed E-state index contributed by atoms with van der Waals surface area (Å²) in [7, 11) is 2.00. The first-order valence-electron chi connectivity index (χ1n) is 6.92. The lowest BCUT2D eigenvalue weighted by Gasteiger charge is -2.44. The van der Waals surface area contributed by atoms with Crippen LogP contribution in [0.25, 0.3) is 0 Å². The third-order valence-corrected chi connectivity index (χ3v) is 4.32. The molecule has 1 fully saturated rings. The largest absolute Gasteiger partial charge is 0.329 e. The summed E-state index contributed by atoms with van der Waals surface area (Å²) in [5.41, 5.74) is 6.62. The molecular weight excluding hydrogens is 246 g/mol. The minimum Gasteiger partial charge on any atom is -0.329 e. The van der Waals surface area contributed by atoms with Gasteiger partial charge in [0.15, 0.2) is 0 Å². The Morgan fingerprint density at radius 2 is 1.68 bits per heavy atom. The van der Waals surface area contributed by atoms with E-state index < -0.39 is 11.6 Å². The lowest BCUT2D eigenvalue weighted by molar-refractivity contribution is 0.0757. The molecular formula is C15H22F2N2. The van der Waals surface area contributed by atoms with Gasteiger partial charge in [-0.05, 0) is 37.6 Å². The molecule has 2 N–H and O–H groups in total. The second-order valence-electron chi connectivity index (χ2n) is 5.62. The molecule has 106 valence electrons. The summed E-state index contributed by atoms with van der Waals surface area (Å²) in [5.74, 6) is -1.04. The highest BCUT2D eigenvalue weighted by Crippen LogP contribution is 2.33. The van der Waals surface area contributed by atoms with Crippen molar-refractivity contribution in [3.8, 4) is 0 Å². The van der Waals surface area contributed by atoms with Gasteiger partial charge in [-0.25, -0.2) is 8.78 Å². The minimum absolute atomic E-state index is 0.0129. The third kappa shape index (κ3) is 3.31. The molecule has 2 nitrogen and oxygen atoms in total. The van der Waals surface area contributed by atoms with Crippen LogP contribution in [-0.4, -0.2) is 24.0 Å². The van der Waals surface area contributed by atoms with Crippen LogP contribution in [0.4, 0.5) is 8.78 Å². The average molecular weight is 268 g/mol. The van der Waals surface area contributed by atoms with Crippen LogP contribution in [0.2, 0.25) is 0 Å². The molecule has 1 saturated carbocycles. The van der Waals surface area contributed by atoms with Gasteiger partial charge in [0, 0.05) is 24.7 Å². The summed E-state index contributed by atoms with van der Waals surface area (Å²) in [4.78, 5) is 2.17. The van der Waals surface area contributed by atoms with Crippen molar-refractivity contribution in [2.75, 3.05) is 13.6 Å². The molecule has 1 aliphatic rings. The topological polar surface area (TPSA) is 29.3 Å². The number of rotatable bonds is 4. The SMILES string of the molecule is CN(Cc1cc(F)cc(F)c1)C1(CN)CCCCC1. The fourth-order valence-corrected chi connectivity index (χ4v) is 3.10. The fourth-order valence-electron chi connectivity index (χ4n) is 3.10. The van der Waals surface area contributed by atoms with Gasteiger partial charge < -0.3 is 5.73 Å². The van der Waals surface area contributed by atoms with E-state index in [2.05, 4.69) is 4.90 Å². The number of likely N-dealkylation sites (N-methyl/N-ethyl adjacent to an activating group) is 1. The summed E-state index contributed by atoms with van der Waals surface area (Å²) in [6, 6.07) is 3.70. The summed E-state index contributed by atoms with van der Waals surface area (Å²) in [6.45, 7) is 1.13. The standard InChI is InChI=1S/C15H22F2N2/c1-19(15(11-18)5-3-2-4-6-15)10-12-7-13(16)9-14(17)8-12/h7-9H,2-6,10-11,18H2,1H3. The fraction of sp³-hybridized carbons (Fsp3) is 0.600. The highest BCUT2D eigenvalue weighted by atomic mass is 19.1. The maximum atomic E-state index is 13.2. The highest BCUT2D eigenvalue weighted by Gasteiger charge is 2.34. The van der Waals surface area contributed by atoms with Crippen molar-refractivity contribution in [3.05, 3.63) is 35.4 Å². The molecule has 0 bridgehead atoms. The van der Waals surface area contributed by atoms with Crippen molar-refractivity contribution in [1.82, 2.24) is 4.90 Å². The Labute approximate surface area is 113 Å². The van der Waals surface area contributed by atoms with E-state index in [1.807, 2.05) is 7.05 Å². The lowest BCUT2D eigenvalue weighted by atomic mass is 9.80. The average Bonchev–Trinajstić information content (AvgIpc) is 2.38. The van der Waals surface area contributed by atoms with Crippen molar-refractivity contribution in [3.63, 3.8) is 0 Å². The van der Waals surface area contributed by atoms with Crippen LogP contribution in [0.5, 0.6) is 0 Å². The van der Waals surface area contributed by atoms with E-state index in [1.54, 1.807) is 0 Å². The zero-order valence-electron chi connectivity index (χ0n) is 11.5. The van der Waals surface area contributed by atoms with Crippen molar-refractivity contribution in [2.24, 2.45) is 5.73 Å². The first-order chi connectivity index (χ1) is 9.05. The van der Waals surface area contributed by atoms with Crippen molar-refractivity contribution in [2.45, 2.75) is 44.2 Å². The Hall–Kier alpha value is -1.00. The number of halogens is 2. The van der Waals surface area contributed by atoms with E-state index in [9.17, 15) is 8.78 Å². The molecule has 0 heterocycles. The molecule has 0 aromatic heterocycles. The number of hydrogen-bond acceptors (Lipinski definition) is 2. The second-order valence-corrected chi connectivity index (χ2v) is 5.62. The molecule has 2 rings (SSSR count). The van der Waals surface area contributed by atoms with E-state index in [-0.39, 0.29) is 5.54 Å². The minimum atomic E-state index is -0.520. The molecule has 0 aliphatic heterocycles. The monoisotopic (exact) mass is 268 g/mol. The maximum Gasteiger partial charge on any atom is 0.126 e. The van der Waals surface area contributed by atoms with Crippen LogP contribution in [0, 0.1) is 11.6 Å². The number of nitrogens with two attached hydrogens (primary N) is 1. The summed E-state index contributed by atoms with van der Waals surface area (Å²) in [6.07, 6.45) is 5.75. The van der Waals surface area contributed by atoms with Gasteiger partial charge in [-0.15, -0.1) is 0 Å². The van der Waals surface area contributed by atoms with Crippen LogP contribution < -0.4 is 5.73 Å². The molecule has 0 amide bonds. The summed E-state index contributed by atoms with van der Waals surface area (Å²) in [5, 5.41) is 0. The van der Waals surface area contributed by atoms with Crippen LogP contribution in [-0.2, 0) is 6.54 Å². The van der Waals surface area contributed by atoms with Crippen LogP contribution in [0.1, 0.15) is 37.7 Å². The Balaban J connectivity index is 2.12. The molecule has 0 radical (unpaired) electrons. The lowest BCUT2D eigenvalue weighted by Crippen LogP contribution is -2.52. The van der Waals surface area contributed by atoms with Crippen molar-refractivity contribution >= 4 is 0 Å². The Morgan fingerprint density at radius 3 is 2.21 bits per heavy atom. The first-order valence-corrected chi connectivity index (χ1v) is 6.92. The van der Waals surface area contributed by atoms with E-state index in [0.717, 1.165) is 18.9 Å². The van der Waals surface area contributed by atoms with E-state index in [4.69, 9.17) is 5.73 Å². The third-order valence-electron chi connectivity index (χ3n) is 4.32. The molecule has 0 unspecified atom stereocenters. The summed E-state index contributed by atoms with van der Waals surface area (Å²) >= 11 is 0. The molecule has 19 heavy (non-hydrogen) atoms. The molecule has 4 heteroatoms. The molecule has 1 aromatic rings.